The highest BCUT2D eigenvalue weighted by molar-refractivity contribution is 7.89. The summed E-state index contributed by atoms with van der Waals surface area (Å²) >= 11 is 5.90. The van der Waals surface area contributed by atoms with Gasteiger partial charge in [-0.2, -0.15) is 0 Å². The third kappa shape index (κ3) is 5.28. The maximum Gasteiger partial charge on any atom is 0.269 e. The number of carbonyl (C=O) groups excluding carboxylic acids is 2. The van der Waals surface area contributed by atoms with Crippen LogP contribution in [0.3, 0.4) is 0 Å². The van der Waals surface area contributed by atoms with Gasteiger partial charge >= 0.3 is 0 Å². The number of amides is 2. The van der Waals surface area contributed by atoms with E-state index in [2.05, 4.69) is 15.6 Å². The number of carbonyl (C=O) groups is 2. The van der Waals surface area contributed by atoms with Crippen LogP contribution in [0.2, 0.25) is 5.02 Å². The number of nitrogens with two attached hydrogens (primary N) is 1. The summed E-state index contributed by atoms with van der Waals surface area (Å²) in [7, 11) is -3.75. The predicted molar refractivity (Wildman–Crippen MR) is 132 cm³/mol. The quantitative estimate of drug-likeness (QED) is 0.310. The fourth-order valence-corrected chi connectivity index (χ4v) is 4.13. The van der Waals surface area contributed by atoms with Crippen LogP contribution in [0.4, 0.5) is 5.69 Å². The highest BCUT2D eigenvalue weighted by Gasteiger charge is 2.20. The zero-order valence-electron chi connectivity index (χ0n) is 17.8. The first kappa shape index (κ1) is 23.5. The number of halogens is 1. The maximum atomic E-state index is 13.0. The van der Waals surface area contributed by atoms with Gasteiger partial charge in [0.05, 0.1) is 10.6 Å². The first-order valence-electron chi connectivity index (χ1n) is 10.3. The van der Waals surface area contributed by atoms with Crippen LogP contribution < -0.4 is 15.8 Å². The SMILES string of the molecule is NS(=O)(=O)c1ccc(CCNC(=O)c2[nH]c3ccccc3c2NC(=O)c2ccc(Cl)cc2)cc1. The first-order valence-corrected chi connectivity index (χ1v) is 12.2. The second-order valence-corrected chi connectivity index (χ2v) is 9.57. The number of para-hydroxylation sites is 1. The lowest BCUT2D eigenvalue weighted by molar-refractivity contribution is 0.0951. The van der Waals surface area contributed by atoms with Gasteiger partial charge in [0.25, 0.3) is 11.8 Å². The number of H-pyrrole nitrogens is 1. The lowest BCUT2D eigenvalue weighted by Gasteiger charge is -2.09. The van der Waals surface area contributed by atoms with Crippen molar-refractivity contribution in [3.63, 3.8) is 0 Å². The van der Waals surface area contributed by atoms with Gasteiger partial charge in [-0.1, -0.05) is 41.9 Å². The van der Waals surface area contributed by atoms with E-state index in [9.17, 15) is 18.0 Å². The van der Waals surface area contributed by atoms with Gasteiger partial charge in [0.2, 0.25) is 10.0 Å². The van der Waals surface area contributed by atoms with Crippen molar-refractivity contribution in [3.8, 4) is 0 Å². The summed E-state index contributed by atoms with van der Waals surface area (Å²) in [6, 6.07) is 19.9. The van der Waals surface area contributed by atoms with Gasteiger partial charge in [-0.15, -0.1) is 0 Å². The van der Waals surface area contributed by atoms with Gasteiger partial charge in [-0.3, -0.25) is 9.59 Å². The van der Waals surface area contributed by atoms with E-state index in [4.69, 9.17) is 16.7 Å². The van der Waals surface area contributed by atoms with Crippen LogP contribution in [0.1, 0.15) is 26.4 Å². The van der Waals surface area contributed by atoms with E-state index in [0.717, 1.165) is 5.56 Å². The first-order chi connectivity index (χ1) is 16.2. The molecule has 0 aliphatic heterocycles. The summed E-state index contributed by atoms with van der Waals surface area (Å²) in [5.41, 5.74) is 2.56. The molecule has 10 heteroatoms. The molecule has 0 radical (unpaired) electrons. The maximum absolute atomic E-state index is 13.0. The van der Waals surface area contributed by atoms with E-state index in [1.165, 1.54) is 12.1 Å². The third-order valence-corrected chi connectivity index (χ3v) is 6.41. The average molecular weight is 497 g/mol. The van der Waals surface area contributed by atoms with Crippen molar-refractivity contribution in [2.24, 2.45) is 5.14 Å². The molecule has 0 atom stereocenters. The summed E-state index contributed by atoms with van der Waals surface area (Å²) in [6.07, 6.45) is 0.476. The van der Waals surface area contributed by atoms with E-state index < -0.39 is 10.0 Å². The predicted octanol–water partition coefficient (Wildman–Crippen LogP) is 3.69. The largest absolute Gasteiger partial charge is 0.350 e. The van der Waals surface area contributed by atoms with Gasteiger partial charge in [0.1, 0.15) is 5.69 Å². The molecular formula is C24H21ClN4O4S. The molecule has 0 saturated carbocycles. The minimum Gasteiger partial charge on any atom is -0.350 e. The minimum atomic E-state index is -3.75. The standard InChI is InChI=1S/C24H21ClN4O4S/c25-17-9-7-16(8-10-17)23(30)29-21-19-3-1-2-4-20(19)28-22(21)24(31)27-14-13-15-5-11-18(12-6-15)34(26,32)33/h1-12,28H,13-14H2,(H,27,31)(H,29,30)(H2,26,32,33). The Kier molecular flexibility index (Phi) is 6.69. The van der Waals surface area contributed by atoms with Crippen LogP contribution in [-0.4, -0.2) is 31.8 Å². The number of aromatic amines is 1. The van der Waals surface area contributed by atoms with Crippen molar-refractivity contribution in [1.82, 2.24) is 10.3 Å². The van der Waals surface area contributed by atoms with Crippen LogP contribution in [-0.2, 0) is 16.4 Å². The lowest BCUT2D eigenvalue weighted by atomic mass is 10.1. The zero-order chi connectivity index (χ0) is 24.3. The van der Waals surface area contributed by atoms with Gasteiger partial charge < -0.3 is 15.6 Å². The van der Waals surface area contributed by atoms with E-state index in [1.807, 2.05) is 24.3 Å². The Labute approximate surface area is 201 Å². The fraction of sp³-hybridized carbons (Fsp3) is 0.0833. The second kappa shape index (κ2) is 9.68. The molecule has 8 nitrogen and oxygen atoms in total. The van der Waals surface area contributed by atoms with E-state index in [0.29, 0.717) is 40.1 Å². The number of anilines is 1. The Bertz CT molecular complexity index is 1460. The molecule has 0 aliphatic carbocycles. The van der Waals surface area contributed by atoms with E-state index in [1.54, 1.807) is 36.4 Å². The van der Waals surface area contributed by atoms with Gasteiger partial charge in [0.15, 0.2) is 0 Å². The summed E-state index contributed by atoms with van der Waals surface area (Å²) < 4.78 is 22.7. The molecule has 4 aromatic rings. The molecule has 174 valence electrons. The number of hydrogen-bond donors (Lipinski definition) is 4. The van der Waals surface area contributed by atoms with E-state index >= 15 is 0 Å². The number of aromatic nitrogens is 1. The zero-order valence-corrected chi connectivity index (χ0v) is 19.4. The van der Waals surface area contributed by atoms with Gasteiger partial charge in [0, 0.05) is 28.0 Å². The molecule has 0 saturated heterocycles. The molecule has 34 heavy (non-hydrogen) atoms. The second-order valence-electron chi connectivity index (χ2n) is 7.58. The smallest absolute Gasteiger partial charge is 0.269 e. The normalized spacial score (nSPS) is 11.4. The third-order valence-electron chi connectivity index (χ3n) is 5.23. The summed E-state index contributed by atoms with van der Waals surface area (Å²) in [5.74, 6) is -0.755. The van der Waals surface area contributed by atoms with Crippen LogP contribution in [0.5, 0.6) is 0 Å². The molecule has 5 N–H and O–H groups in total. The number of benzene rings is 3. The molecule has 1 heterocycles. The molecule has 0 bridgehead atoms. The fourth-order valence-electron chi connectivity index (χ4n) is 3.48. The van der Waals surface area contributed by atoms with Crippen molar-refractivity contribution < 1.29 is 18.0 Å². The van der Waals surface area contributed by atoms with Crippen LogP contribution >= 0.6 is 11.6 Å². The summed E-state index contributed by atoms with van der Waals surface area (Å²) in [4.78, 5) is 28.9. The van der Waals surface area contributed by atoms with Crippen LogP contribution in [0, 0.1) is 0 Å². The monoisotopic (exact) mass is 496 g/mol. The molecule has 0 unspecified atom stereocenters. The molecule has 1 aromatic heterocycles. The topological polar surface area (TPSA) is 134 Å². The number of primary sulfonamides is 1. The molecule has 4 rings (SSSR count). The molecule has 3 aromatic carbocycles. The number of hydrogen-bond acceptors (Lipinski definition) is 4. The molecule has 0 fully saturated rings. The van der Waals surface area contributed by atoms with Crippen LogP contribution in [0.15, 0.2) is 77.7 Å². The number of fused-ring (bicyclic) bond motifs is 1. The van der Waals surface area contributed by atoms with Gasteiger partial charge in [-0.05, 0) is 54.4 Å². The molecule has 2 amide bonds. The Morgan fingerprint density at radius 2 is 1.59 bits per heavy atom. The number of nitrogens with one attached hydrogen (secondary N) is 3. The van der Waals surface area contributed by atoms with Crippen molar-refractivity contribution in [2.45, 2.75) is 11.3 Å². The molecule has 0 aliphatic rings. The van der Waals surface area contributed by atoms with Crippen LogP contribution in [0.25, 0.3) is 10.9 Å². The Hall–Kier alpha value is -3.66. The number of sulfonamides is 1. The van der Waals surface area contributed by atoms with Crippen molar-refractivity contribution in [2.75, 3.05) is 11.9 Å². The summed E-state index contributed by atoms with van der Waals surface area (Å²) in [5, 5.41) is 12.0. The lowest BCUT2D eigenvalue weighted by Crippen LogP contribution is -2.27. The Balaban J connectivity index is 1.50. The van der Waals surface area contributed by atoms with Crippen molar-refractivity contribution in [1.29, 1.82) is 0 Å². The molecule has 0 spiro atoms. The number of rotatable bonds is 7. The highest BCUT2D eigenvalue weighted by atomic mass is 35.5. The van der Waals surface area contributed by atoms with Crippen molar-refractivity contribution in [3.05, 3.63) is 94.6 Å². The Morgan fingerprint density at radius 1 is 0.912 bits per heavy atom. The van der Waals surface area contributed by atoms with Crippen molar-refractivity contribution >= 4 is 50.0 Å². The summed E-state index contributed by atoms with van der Waals surface area (Å²) in [6.45, 7) is 0.299. The Morgan fingerprint density at radius 3 is 2.26 bits per heavy atom. The highest BCUT2D eigenvalue weighted by Crippen LogP contribution is 2.28. The minimum absolute atomic E-state index is 0.0273. The van der Waals surface area contributed by atoms with Gasteiger partial charge in [-0.25, -0.2) is 13.6 Å². The average Bonchev–Trinajstić information content (AvgIpc) is 3.17. The molecular weight excluding hydrogens is 476 g/mol. The van der Waals surface area contributed by atoms with E-state index in [-0.39, 0.29) is 22.4 Å².